The Balaban J connectivity index is 1.71. The summed E-state index contributed by atoms with van der Waals surface area (Å²) in [5.74, 6) is -2.87. The quantitative estimate of drug-likeness (QED) is 0.557. The number of amides is 1. The van der Waals surface area contributed by atoms with Gasteiger partial charge in [0.15, 0.2) is 11.4 Å². The van der Waals surface area contributed by atoms with Gasteiger partial charge in [0.25, 0.3) is 5.91 Å². The molecule has 1 unspecified atom stereocenters. The van der Waals surface area contributed by atoms with Crippen LogP contribution in [0.1, 0.15) is 46.7 Å². The van der Waals surface area contributed by atoms with Crippen molar-refractivity contribution in [3.8, 4) is 11.4 Å². The summed E-state index contributed by atoms with van der Waals surface area (Å²) in [5, 5.41) is 13.2. The second kappa shape index (κ2) is 8.67. The maximum absolute atomic E-state index is 14.3. The number of fused-ring (bicyclic) bond motifs is 1. The van der Waals surface area contributed by atoms with Gasteiger partial charge < -0.3 is 15.2 Å². The van der Waals surface area contributed by atoms with Crippen molar-refractivity contribution < 1.29 is 28.2 Å². The Labute approximate surface area is 188 Å². The van der Waals surface area contributed by atoms with Crippen molar-refractivity contribution in [2.45, 2.75) is 32.4 Å². The molecule has 1 atom stereocenters. The summed E-state index contributed by atoms with van der Waals surface area (Å²) in [5.41, 5.74) is -0.175. The molecule has 2 N–H and O–H groups in total. The normalized spacial score (nSPS) is 14.4. The van der Waals surface area contributed by atoms with Crippen molar-refractivity contribution in [2.24, 2.45) is 0 Å². The Hall–Kier alpha value is -3.72. The van der Waals surface area contributed by atoms with Crippen LogP contribution < -0.4 is 5.32 Å². The van der Waals surface area contributed by atoms with Crippen LogP contribution in [0.15, 0.2) is 42.5 Å². The zero-order valence-corrected chi connectivity index (χ0v) is 18.0. The van der Waals surface area contributed by atoms with E-state index in [0.29, 0.717) is 22.5 Å². The van der Waals surface area contributed by atoms with Gasteiger partial charge in [-0.3, -0.25) is 4.79 Å². The summed E-state index contributed by atoms with van der Waals surface area (Å²) >= 11 is 0. The van der Waals surface area contributed by atoms with Gasteiger partial charge in [-0.1, -0.05) is 30.3 Å². The lowest BCUT2D eigenvalue weighted by Crippen LogP contribution is -2.34. The maximum atomic E-state index is 14.3. The molecule has 0 saturated heterocycles. The number of aliphatic hydroxyl groups is 1. The molecule has 1 aliphatic heterocycles. The highest BCUT2D eigenvalue weighted by Gasteiger charge is 2.34. The van der Waals surface area contributed by atoms with E-state index in [-0.39, 0.29) is 42.4 Å². The summed E-state index contributed by atoms with van der Waals surface area (Å²) in [7, 11) is 0. The van der Waals surface area contributed by atoms with Crippen molar-refractivity contribution in [3.63, 3.8) is 0 Å². The summed E-state index contributed by atoms with van der Waals surface area (Å²) in [6.45, 7) is 3.26. The predicted molar refractivity (Wildman–Crippen MR) is 114 cm³/mol. The molecular weight excluding hydrogens is 432 g/mol. The molecule has 1 aliphatic rings. The van der Waals surface area contributed by atoms with Crippen molar-refractivity contribution in [1.29, 1.82) is 0 Å². The van der Waals surface area contributed by atoms with Crippen molar-refractivity contribution in [2.75, 3.05) is 6.61 Å². The van der Waals surface area contributed by atoms with E-state index in [2.05, 4.69) is 15.3 Å². The maximum Gasteiger partial charge on any atom is 0.342 e. The number of benzene rings is 2. The minimum absolute atomic E-state index is 0.133. The van der Waals surface area contributed by atoms with Crippen LogP contribution in [0.25, 0.3) is 11.4 Å². The summed E-state index contributed by atoms with van der Waals surface area (Å²) in [4.78, 5) is 32.9. The van der Waals surface area contributed by atoms with Crippen LogP contribution in [-0.4, -0.2) is 33.6 Å². The molecule has 1 aromatic heterocycles. The monoisotopic (exact) mass is 453 g/mol. The minimum Gasteiger partial charge on any atom is -0.464 e. The van der Waals surface area contributed by atoms with Gasteiger partial charge in [-0.2, -0.15) is 0 Å². The number of halogens is 2. The van der Waals surface area contributed by atoms with E-state index >= 15 is 0 Å². The molecule has 2 aromatic carbocycles. The first kappa shape index (κ1) is 22.5. The first-order valence-electron chi connectivity index (χ1n) is 10.3. The number of ether oxygens (including phenoxy) is 1. The number of carbonyl (C=O) groups excluding carboxylic acids is 2. The fourth-order valence-electron chi connectivity index (χ4n) is 3.68. The van der Waals surface area contributed by atoms with E-state index in [0.717, 1.165) is 12.1 Å². The van der Waals surface area contributed by atoms with Crippen molar-refractivity contribution >= 4 is 11.9 Å². The third-order valence-corrected chi connectivity index (χ3v) is 5.45. The molecule has 0 fully saturated rings. The second-order valence-electron chi connectivity index (χ2n) is 7.76. The third-order valence-electron chi connectivity index (χ3n) is 5.45. The van der Waals surface area contributed by atoms with Crippen LogP contribution >= 0.6 is 0 Å². The van der Waals surface area contributed by atoms with E-state index in [1.807, 2.05) is 0 Å². The Morgan fingerprint density at radius 1 is 1.12 bits per heavy atom. The number of esters is 1. The first-order valence-corrected chi connectivity index (χ1v) is 10.3. The van der Waals surface area contributed by atoms with Crippen LogP contribution in [0.3, 0.4) is 0 Å². The average Bonchev–Trinajstić information content (AvgIpc) is 3.15. The highest BCUT2D eigenvalue weighted by Crippen LogP contribution is 2.28. The number of hydrogen-bond donors (Lipinski definition) is 2. The molecule has 33 heavy (non-hydrogen) atoms. The second-order valence-corrected chi connectivity index (χ2v) is 7.76. The number of aromatic nitrogens is 2. The zero-order chi connectivity index (χ0) is 23.8. The molecule has 9 heteroatoms. The number of hydrogen-bond acceptors (Lipinski definition) is 6. The highest BCUT2D eigenvalue weighted by molar-refractivity contribution is 5.99. The lowest BCUT2D eigenvalue weighted by molar-refractivity contribution is -0.164. The summed E-state index contributed by atoms with van der Waals surface area (Å²) in [6, 6.07) is 9.98. The third kappa shape index (κ3) is 4.19. The van der Waals surface area contributed by atoms with E-state index in [1.165, 1.54) is 13.0 Å². The molecule has 0 bridgehead atoms. The molecule has 0 aliphatic carbocycles. The van der Waals surface area contributed by atoms with Gasteiger partial charge in [-0.15, -0.1) is 0 Å². The van der Waals surface area contributed by atoms with Crippen LogP contribution in [0.2, 0.25) is 0 Å². The van der Waals surface area contributed by atoms with Gasteiger partial charge in [0.05, 0.1) is 35.7 Å². The standard InChI is InChI=1S/C24H21F2N3O4/c1-3-33-23(31)24(2,32)14-9-7-13(8-10-14)11-17-20-18(12-27-22(20)30)29-21(28-17)19-15(25)5-4-6-16(19)26/h4-10,32H,3,11-12H2,1-2H3,(H,27,30). The van der Waals surface area contributed by atoms with Gasteiger partial charge in [-0.05, 0) is 37.1 Å². The van der Waals surface area contributed by atoms with Gasteiger partial charge in [0.1, 0.15) is 11.6 Å². The van der Waals surface area contributed by atoms with E-state index in [9.17, 15) is 23.5 Å². The first-order chi connectivity index (χ1) is 15.7. The molecular formula is C24H21F2N3O4. The Morgan fingerprint density at radius 3 is 2.42 bits per heavy atom. The number of nitrogens with one attached hydrogen (secondary N) is 1. The molecule has 4 rings (SSSR count). The summed E-state index contributed by atoms with van der Waals surface area (Å²) < 4.78 is 33.6. The van der Waals surface area contributed by atoms with Crippen molar-refractivity contribution in [1.82, 2.24) is 15.3 Å². The Morgan fingerprint density at radius 2 is 1.79 bits per heavy atom. The molecule has 7 nitrogen and oxygen atoms in total. The van der Waals surface area contributed by atoms with Crippen LogP contribution in [0, 0.1) is 11.6 Å². The van der Waals surface area contributed by atoms with Crippen LogP contribution in [0.5, 0.6) is 0 Å². The zero-order valence-electron chi connectivity index (χ0n) is 18.0. The fraction of sp³-hybridized carbons (Fsp3) is 0.250. The molecule has 3 aromatic rings. The molecule has 170 valence electrons. The Bertz CT molecular complexity index is 1220. The molecule has 0 radical (unpaired) electrons. The van der Waals surface area contributed by atoms with Crippen molar-refractivity contribution in [3.05, 3.63) is 82.2 Å². The number of carbonyl (C=O) groups is 2. The highest BCUT2D eigenvalue weighted by atomic mass is 19.1. The van der Waals surface area contributed by atoms with Gasteiger partial charge in [-0.25, -0.2) is 23.5 Å². The van der Waals surface area contributed by atoms with E-state index in [1.54, 1.807) is 31.2 Å². The minimum atomic E-state index is -1.82. The molecule has 0 saturated carbocycles. The molecule has 1 amide bonds. The summed E-state index contributed by atoms with van der Waals surface area (Å²) in [6.07, 6.45) is 0.170. The average molecular weight is 453 g/mol. The Kier molecular flexibility index (Phi) is 5.90. The molecule has 2 heterocycles. The van der Waals surface area contributed by atoms with Gasteiger partial charge in [0, 0.05) is 6.42 Å². The van der Waals surface area contributed by atoms with Crippen LogP contribution in [0.4, 0.5) is 8.78 Å². The fourth-order valence-corrected chi connectivity index (χ4v) is 3.68. The van der Waals surface area contributed by atoms with Gasteiger partial charge >= 0.3 is 5.97 Å². The molecule has 0 spiro atoms. The topological polar surface area (TPSA) is 101 Å². The smallest absolute Gasteiger partial charge is 0.342 e. The predicted octanol–water partition coefficient (Wildman–Crippen LogP) is 3.03. The number of nitrogens with zero attached hydrogens (tertiary/aromatic N) is 2. The van der Waals surface area contributed by atoms with Gasteiger partial charge in [0.2, 0.25) is 0 Å². The van der Waals surface area contributed by atoms with E-state index < -0.39 is 23.2 Å². The van der Waals surface area contributed by atoms with Crippen LogP contribution in [-0.2, 0) is 28.1 Å². The lowest BCUT2D eigenvalue weighted by atomic mass is 9.94. The number of rotatable bonds is 6. The van der Waals surface area contributed by atoms with E-state index in [4.69, 9.17) is 4.74 Å². The SMILES string of the molecule is CCOC(=O)C(C)(O)c1ccc(Cc2nc(-c3c(F)cccc3F)nc3c2C(=O)NC3)cc1. The lowest BCUT2D eigenvalue weighted by Gasteiger charge is -2.21. The largest absolute Gasteiger partial charge is 0.464 e.